The summed E-state index contributed by atoms with van der Waals surface area (Å²) in [6.45, 7) is -0.699. The van der Waals surface area contributed by atoms with E-state index in [1.165, 1.54) is 0 Å². The fourth-order valence-corrected chi connectivity index (χ4v) is 0.406. The molecular formula is C6H10O3. The van der Waals surface area contributed by atoms with Crippen LogP contribution >= 0.6 is 0 Å². The van der Waals surface area contributed by atoms with E-state index in [0.717, 1.165) is 0 Å². The van der Waals surface area contributed by atoms with Crippen LogP contribution in [0, 0.1) is 5.92 Å². The quantitative estimate of drug-likeness (QED) is 0.609. The van der Waals surface area contributed by atoms with Crippen molar-refractivity contribution in [1.82, 2.24) is 0 Å². The molecule has 52 valence electrons. The summed E-state index contributed by atoms with van der Waals surface area (Å²) in [5.74, 6) is -1.99. The molecule has 0 heterocycles. The highest BCUT2D eigenvalue weighted by Crippen LogP contribution is 2.28. The number of aliphatic carboxylic acids is 1. The number of carboxylic acid groups (broad SMARTS) is 1. The van der Waals surface area contributed by atoms with Gasteiger partial charge in [-0.15, -0.1) is 0 Å². The van der Waals surface area contributed by atoms with E-state index in [1.807, 2.05) is 0 Å². The molecule has 0 bridgehead atoms. The van der Waals surface area contributed by atoms with Crippen molar-refractivity contribution in [3.8, 4) is 0 Å². The number of rotatable bonds is 4. The van der Waals surface area contributed by atoms with Crippen LogP contribution in [0.3, 0.4) is 0 Å². The second kappa shape index (κ2) is 2.82. The van der Waals surface area contributed by atoms with Gasteiger partial charge in [0.1, 0.15) is 6.61 Å². The molecule has 0 unspecified atom stereocenters. The van der Waals surface area contributed by atoms with Gasteiger partial charge in [-0.25, -0.2) is 4.79 Å². The molecule has 3 heteroatoms. The Kier molecular flexibility index (Phi) is 0.945. The zero-order valence-corrected chi connectivity index (χ0v) is 4.76. The van der Waals surface area contributed by atoms with Crippen molar-refractivity contribution in [3.63, 3.8) is 0 Å². The fourth-order valence-electron chi connectivity index (χ4n) is 0.406. The fraction of sp³-hybridized carbons (Fsp3) is 0.833. The number of carbonyl (C=O) groups is 1. The van der Waals surface area contributed by atoms with Crippen LogP contribution in [0.1, 0.15) is 18.2 Å². The monoisotopic (exact) mass is 134 g/mol. The van der Waals surface area contributed by atoms with E-state index in [1.54, 1.807) is 0 Å². The van der Waals surface area contributed by atoms with Gasteiger partial charge in [0.15, 0.2) is 0 Å². The smallest absolute Gasteiger partial charge is 0.329 e. The lowest BCUT2D eigenvalue weighted by atomic mass is 10.5. The maximum atomic E-state index is 10.0. The van der Waals surface area contributed by atoms with Crippen LogP contribution in [0.15, 0.2) is 0 Å². The van der Waals surface area contributed by atoms with Gasteiger partial charge in [-0.1, -0.05) is 0 Å². The highest BCUT2D eigenvalue weighted by molar-refractivity contribution is 5.67. The maximum Gasteiger partial charge on any atom is 0.329 e. The van der Waals surface area contributed by atoms with Crippen LogP contribution in [-0.4, -0.2) is 24.3 Å². The molecule has 0 amide bonds. The summed E-state index contributed by atoms with van der Waals surface area (Å²) in [6, 6.07) is 0. The van der Waals surface area contributed by atoms with Crippen molar-refractivity contribution in [3.05, 3.63) is 0 Å². The zero-order chi connectivity index (χ0) is 10.3. The van der Waals surface area contributed by atoms with E-state index in [0.29, 0.717) is 0 Å². The van der Waals surface area contributed by atoms with Gasteiger partial charge in [0.2, 0.25) is 0 Å². The molecule has 1 N–H and O–H groups in total. The van der Waals surface area contributed by atoms with Gasteiger partial charge >= 0.3 is 5.97 Å². The van der Waals surface area contributed by atoms with Crippen molar-refractivity contribution in [2.24, 2.45) is 5.92 Å². The summed E-state index contributed by atoms with van der Waals surface area (Å²) in [5, 5.41) is 8.19. The molecule has 0 aromatic heterocycles. The average Bonchev–Trinajstić information content (AvgIpc) is 2.30. The first-order chi connectivity index (χ1) is 5.80. The Morgan fingerprint density at radius 1 is 1.89 bits per heavy atom. The molecule has 0 spiro atoms. The van der Waals surface area contributed by atoms with Gasteiger partial charge < -0.3 is 9.84 Å². The molecule has 0 aliphatic heterocycles. The van der Waals surface area contributed by atoms with Crippen LogP contribution in [-0.2, 0) is 9.53 Å². The van der Waals surface area contributed by atoms with Crippen molar-refractivity contribution < 1.29 is 20.1 Å². The zero-order valence-electron chi connectivity index (χ0n) is 8.76. The minimum Gasteiger partial charge on any atom is -0.480 e. The van der Waals surface area contributed by atoms with Crippen molar-refractivity contribution in [2.75, 3.05) is 13.2 Å². The molecular weight excluding hydrogens is 120 g/mol. The molecule has 0 atom stereocenters. The predicted molar refractivity (Wildman–Crippen MR) is 31.2 cm³/mol. The van der Waals surface area contributed by atoms with E-state index in [9.17, 15) is 4.79 Å². The Labute approximate surface area is 59.2 Å². The standard InChI is InChI=1S/C6H10O3/c7-6(8)4-9-3-5-1-2-5/h5H,1-4H2,(H,7,8)/i1D2,2D2. The summed E-state index contributed by atoms with van der Waals surface area (Å²) in [4.78, 5) is 10.0. The van der Waals surface area contributed by atoms with Crippen LogP contribution in [0.2, 0.25) is 0 Å². The van der Waals surface area contributed by atoms with E-state index >= 15 is 0 Å². The van der Waals surface area contributed by atoms with Crippen molar-refractivity contribution in [1.29, 1.82) is 0 Å². The van der Waals surface area contributed by atoms with Gasteiger partial charge in [-0.2, -0.15) is 0 Å². The summed E-state index contributed by atoms with van der Waals surface area (Å²) in [7, 11) is 0. The number of hydrogen-bond acceptors (Lipinski definition) is 2. The lowest BCUT2D eigenvalue weighted by Gasteiger charge is -1.95. The Hall–Kier alpha value is -0.570. The summed E-state index contributed by atoms with van der Waals surface area (Å²) in [5.41, 5.74) is 0. The number of carboxylic acids is 1. The molecule has 0 radical (unpaired) electrons. The Balaban J connectivity index is 2.30. The van der Waals surface area contributed by atoms with Crippen molar-refractivity contribution >= 4 is 5.97 Å². The van der Waals surface area contributed by atoms with E-state index in [4.69, 9.17) is 10.6 Å². The molecule has 0 saturated heterocycles. The molecule has 9 heavy (non-hydrogen) atoms. The maximum absolute atomic E-state index is 10.0. The molecule has 1 saturated carbocycles. The third-order valence-electron chi connectivity index (χ3n) is 0.859. The second-order valence-corrected chi connectivity index (χ2v) is 1.75. The first-order valence-corrected chi connectivity index (χ1v) is 2.59. The molecule has 3 nitrogen and oxygen atoms in total. The van der Waals surface area contributed by atoms with Crippen molar-refractivity contribution in [2.45, 2.75) is 12.7 Å². The molecule has 0 aromatic rings. The Morgan fingerprint density at radius 2 is 2.56 bits per heavy atom. The van der Waals surface area contributed by atoms with Gasteiger partial charge in [-0.3, -0.25) is 0 Å². The normalized spacial score (nSPS) is 35.6. The first-order valence-electron chi connectivity index (χ1n) is 4.59. The summed E-state index contributed by atoms with van der Waals surface area (Å²) >= 11 is 0. The summed E-state index contributed by atoms with van der Waals surface area (Å²) < 4.78 is 33.2. The van der Waals surface area contributed by atoms with Crippen LogP contribution in [0.25, 0.3) is 0 Å². The van der Waals surface area contributed by atoms with E-state index in [-0.39, 0.29) is 6.61 Å². The molecule has 1 aliphatic rings. The first kappa shape index (κ1) is 3.01. The molecule has 0 aromatic carbocycles. The number of ether oxygens (including phenoxy) is 1. The van der Waals surface area contributed by atoms with E-state index < -0.39 is 31.2 Å². The minimum atomic E-state index is -1.88. The summed E-state index contributed by atoms with van der Waals surface area (Å²) in [6.07, 6.45) is -3.77. The SMILES string of the molecule is [2H]C1([2H])C(COCC(=O)O)C1([2H])[2H]. The highest BCUT2D eigenvalue weighted by Gasteiger charge is 2.21. The topological polar surface area (TPSA) is 46.5 Å². The predicted octanol–water partition coefficient (Wildman–Crippen LogP) is 0.498. The molecule has 1 fully saturated rings. The number of hydrogen-bond donors (Lipinski definition) is 1. The Bertz CT molecular complexity index is 214. The minimum absolute atomic E-state index is 0.188. The largest absolute Gasteiger partial charge is 0.480 e. The Morgan fingerprint density at radius 3 is 3.00 bits per heavy atom. The highest BCUT2D eigenvalue weighted by atomic mass is 16.5. The van der Waals surface area contributed by atoms with Crippen LogP contribution in [0.5, 0.6) is 0 Å². The lowest BCUT2D eigenvalue weighted by Crippen LogP contribution is -2.08. The molecule has 1 rings (SSSR count). The third-order valence-corrected chi connectivity index (χ3v) is 0.859. The third kappa shape index (κ3) is 3.08. The van der Waals surface area contributed by atoms with Gasteiger partial charge in [-0.05, 0) is 18.7 Å². The lowest BCUT2D eigenvalue weighted by molar-refractivity contribution is -0.142. The van der Waals surface area contributed by atoms with Crippen LogP contribution in [0.4, 0.5) is 0 Å². The van der Waals surface area contributed by atoms with E-state index in [2.05, 4.69) is 4.74 Å². The second-order valence-electron chi connectivity index (χ2n) is 1.75. The van der Waals surface area contributed by atoms with Gasteiger partial charge in [0.25, 0.3) is 0 Å². The van der Waals surface area contributed by atoms with Gasteiger partial charge in [0, 0.05) is 5.48 Å². The van der Waals surface area contributed by atoms with Gasteiger partial charge in [0.05, 0.1) is 6.61 Å². The molecule has 1 aliphatic carbocycles. The average molecular weight is 134 g/mol. The van der Waals surface area contributed by atoms with Crippen LogP contribution < -0.4 is 0 Å².